The molecule has 0 radical (unpaired) electrons. The van der Waals surface area contributed by atoms with Crippen molar-refractivity contribution in [1.82, 2.24) is 0 Å². The largest absolute Gasteiger partial charge is 0.416 e. The minimum absolute atomic E-state index is 0.176. The average molecular weight is 249 g/mol. The second-order valence-corrected chi connectivity index (χ2v) is 3.68. The van der Waals surface area contributed by atoms with Crippen LogP contribution in [0.5, 0.6) is 0 Å². The Morgan fingerprint density at radius 1 is 1.35 bits per heavy atom. The summed E-state index contributed by atoms with van der Waals surface area (Å²) >= 11 is 0. The summed E-state index contributed by atoms with van der Waals surface area (Å²) in [6.45, 7) is -0.0376. The quantitative estimate of drug-likeness (QED) is 0.869. The van der Waals surface area contributed by atoms with Crippen molar-refractivity contribution in [3.63, 3.8) is 0 Å². The van der Waals surface area contributed by atoms with Crippen molar-refractivity contribution in [2.75, 3.05) is 6.58 Å². The van der Waals surface area contributed by atoms with Gasteiger partial charge in [-0.15, -0.1) is 0 Å². The van der Waals surface area contributed by atoms with Crippen LogP contribution >= 0.6 is 0 Å². The topological polar surface area (TPSA) is 29.5 Å². The normalized spacial score (nSPS) is 18.3. The van der Waals surface area contributed by atoms with Gasteiger partial charge in [-0.1, -0.05) is 30.3 Å². The van der Waals surface area contributed by atoms with Crippen molar-refractivity contribution in [2.24, 2.45) is 0 Å². The van der Waals surface area contributed by atoms with Crippen molar-refractivity contribution in [1.29, 1.82) is 0 Å². The Morgan fingerprint density at radius 2 is 1.94 bits per heavy atom. The fraction of sp³-hybridized carbons (Fsp3) is 0.500. The van der Waals surface area contributed by atoms with Crippen LogP contribution < -0.4 is 0 Å². The van der Waals surface area contributed by atoms with Crippen LogP contribution in [0.1, 0.15) is 13.9 Å². The minimum Gasteiger partial charge on any atom is -0.381 e. The van der Waals surface area contributed by atoms with Gasteiger partial charge in [0.1, 0.15) is 0 Å². The second kappa shape index (κ2) is 6.02. The van der Waals surface area contributed by atoms with E-state index in [-0.39, 0.29) is 6.42 Å². The second-order valence-electron chi connectivity index (χ2n) is 3.68. The standard InChI is InChI=1S/C12H15F3O2/c1-9(11(16)12(13,14)15)17-8-7-10-5-3-2-4-6-10/h2-6,9,11,16H,7-8H2,1H3/t9-,11-/m0/s1/i8D/t8-,9-,11-. The van der Waals surface area contributed by atoms with Crippen molar-refractivity contribution in [2.45, 2.75) is 31.7 Å². The summed E-state index contributed by atoms with van der Waals surface area (Å²) in [7, 11) is 0. The van der Waals surface area contributed by atoms with E-state index in [0.717, 1.165) is 12.5 Å². The molecule has 0 unspecified atom stereocenters. The van der Waals surface area contributed by atoms with Gasteiger partial charge in [-0.05, 0) is 18.9 Å². The number of aliphatic hydroxyl groups is 1. The Hall–Kier alpha value is -1.07. The predicted molar refractivity (Wildman–Crippen MR) is 57.6 cm³/mol. The molecule has 0 heterocycles. The number of hydrogen-bond donors (Lipinski definition) is 1. The van der Waals surface area contributed by atoms with Gasteiger partial charge in [0.05, 0.1) is 14.1 Å². The Kier molecular flexibility index (Phi) is 4.39. The van der Waals surface area contributed by atoms with E-state index in [9.17, 15) is 13.2 Å². The molecule has 1 rings (SSSR count). The molecule has 0 aliphatic rings. The summed E-state index contributed by atoms with van der Waals surface area (Å²) in [5.74, 6) is 0. The summed E-state index contributed by atoms with van der Waals surface area (Å²) in [5.41, 5.74) is 0.797. The maximum absolute atomic E-state index is 12.2. The highest BCUT2D eigenvalue weighted by atomic mass is 19.4. The molecule has 1 aromatic rings. The van der Waals surface area contributed by atoms with E-state index in [1.54, 1.807) is 30.3 Å². The zero-order valence-electron chi connectivity index (χ0n) is 10.3. The molecule has 1 aromatic carbocycles. The number of rotatable bonds is 5. The molecular formula is C12H15F3O2. The van der Waals surface area contributed by atoms with Crippen molar-refractivity contribution in [3.8, 4) is 0 Å². The lowest BCUT2D eigenvalue weighted by Crippen LogP contribution is -2.39. The average Bonchev–Trinajstić information content (AvgIpc) is 2.27. The Bertz CT molecular complexity index is 356. The first-order valence-electron chi connectivity index (χ1n) is 5.75. The van der Waals surface area contributed by atoms with Crippen molar-refractivity contribution in [3.05, 3.63) is 35.9 Å². The SMILES string of the molecule is [2H][C@@H](Cc1ccccc1)O[C@@H](C)[C@H](O)C(F)(F)F. The molecule has 0 saturated heterocycles. The predicted octanol–water partition coefficient (Wildman–Crippen LogP) is 2.56. The fourth-order valence-electron chi connectivity index (χ4n) is 1.25. The molecule has 3 atom stereocenters. The molecule has 5 heteroatoms. The lowest BCUT2D eigenvalue weighted by atomic mass is 10.1. The maximum atomic E-state index is 12.2. The monoisotopic (exact) mass is 249 g/mol. The van der Waals surface area contributed by atoms with Gasteiger partial charge < -0.3 is 9.84 Å². The summed E-state index contributed by atoms with van der Waals surface area (Å²) in [6.07, 6.45) is -8.58. The van der Waals surface area contributed by atoms with Crippen LogP contribution in [0.25, 0.3) is 0 Å². The molecule has 17 heavy (non-hydrogen) atoms. The smallest absolute Gasteiger partial charge is 0.381 e. The molecular weight excluding hydrogens is 233 g/mol. The Morgan fingerprint density at radius 3 is 2.47 bits per heavy atom. The molecule has 0 fully saturated rings. The molecule has 0 aromatic heterocycles. The van der Waals surface area contributed by atoms with Crippen LogP contribution in [-0.4, -0.2) is 30.1 Å². The van der Waals surface area contributed by atoms with E-state index in [0.29, 0.717) is 0 Å². The third kappa shape index (κ3) is 4.75. The zero-order chi connectivity index (χ0) is 13.8. The summed E-state index contributed by atoms with van der Waals surface area (Å²) in [6, 6.07) is 8.87. The van der Waals surface area contributed by atoms with E-state index >= 15 is 0 Å². The minimum atomic E-state index is -4.73. The molecule has 0 aliphatic carbocycles. The first-order chi connectivity index (χ1) is 8.30. The first-order valence-corrected chi connectivity index (χ1v) is 5.17. The van der Waals surface area contributed by atoms with Crippen LogP contribution in [-0.2, 0) is 11.2 Å². The van der Waals surface area contributed by atoms with Gasteiger partial charge in [0.2, 0.25) is 0 Å². The number of alkyl halides is 3. The van der Waals surface area contributed by atoms with Crippen LogP contribution in [0.3, 0.4) is 0 Å². The summed E-state index contributed by atoms with van der Waals surface area (Å²) in [4.78, 5) is 0. The molecule has 0 aliphatic heterocycles. The van der Waals surface area contributed by atoms with Crippen molar-refractivity contribution >= 4 is 0 Å². The number of ether oxygens (including phenoxy) is 1. The molecule has 0 bridgehead atoms. The van der Waals surface area contributed by atoms with Crippen LogP contribution in [0.4, 0.5) is 13.2 Å². The molecule has 0 amide bonds. The number of halogens is 3. The van der Waals surface area contributed by atoms with Crippen LogP contribution in [0, 0.1) is 0 Å². The van der Waals surface area contributed by atoms with E-state index in [1.807, 2.05) is 0 Å². The van der Waals surface area contributed by atoms with Gasteiger partial charge in [-0.25, -0.2) is 0 Å². The van der Waals surface area contributed by atoms with Crippen molar-refractivity contribution < 1.29 is 24.4 Å². The lowest BCUT2D eigenvalue weighted by Gasteiger charge is -2.21. The Balaban J connectivity index is 2.48. The maximum Gasteiger partial charge on any atom is 0.416 e. The molecule has 0 spiro atoms. The van der Waals surface area contributed by atoms with Gasteiger partial charge in [0, 0.05) is 0 Å². The highest BCUT2D eigenvalue weighted by Crippen LogP contribution is 2.23. The van der Waals surface area contributed by atoms with E-state index < -0.39 is 25.0 Å². The number of benzene rings is 1. The van der Waals surface area contributed by atoms with Gasteiger partial charge in [-0.3, -0.25) is 0 Å². The zero-order valence-corrected chi connectivity index (χ0v) is 9.32. The number of aliphatic hydroxyl groups excluding tert-OH is 1. The summed E-state index contributed by atoms with van der Waals surface area (Å²) < 4.78 is 48.9. The van der Waals surface area contributed by atoms with Gasteiger partial charge >= 0.3 is 6.18 Å². The number of aryl methyl sites for hydroxylation is 1. The van der Waals surface area contributed by atoms with E-state index in [1.165, 1.54) is 0 Å². The lowest BCUT2D eigenvalue weighted by molar-refractivity contribution is -0.233. The molecule has 0 saturated carbocycles. The van der Waals surface area contributed by atoms with E-state index in [2.05, 4.69) is 0 Å². The molecule has 2 nitrogen and oxygen atoms in total. The third-order valence-electron chi connectivity index (χ3n) is 2.25. The third-order valence-corrected chi connectivity index (χ3v) is 2.25. The number of hydrogen-bond acceptors (Lipinski definition) is 2. The molecule has 1 N–H and O–H groups in total. The van der Waals surface area contributed by atoms with Crippen LogP contribution in [0.15, 0.2) is 30.3 Å². The summed E-state index contributed by atoms with van der Waals surface area (Å²) in [5, 5.41) is 8.94. The highest BCUT2D eigenvalue weighted by molar-refractivity contribution is 5.14. The van der Waals surface area contributed by atoms with Gasteiger partial charge in [0.25, 0.3) is 0 Å². The van der Waals surface area contributed by atoms with Gasteiger partial charge in [-0.2, -0.15) is 13.2 Å². The highest BCUT2D eigenvalue weighted by Gasteiger charge is 2.42. The van der Waals surface area contributed by atoms with Gasteiger partial charge in [0.15, 0.2) is 6.10 Å². The van der Waals surface area contributed by atoms with E-state index in [4.69, 9.17) is 11.2 Å². The fourth-order valence-corrected chi connectivity index (χ4v) is 1.25. The first kappa shape index (κ1) is 12.4. The Labute approximate surface area is 99.4 Å². The molecule has 96 valence electrons. The van der Waals surface area contributed by atoms with Crippen LogP contribution in [0.2, 0.25) is 0 Å².